The number of rotatable bonds is 9. The second kappa shape index (κ2) is 8.77. The number of carbonyl (C=O) groups is 3. The number of ketones is 2. The van der Waals surface area contributed by atoms with Gasteiger partial charge in [0, 0.05) is 30.9 Å². The van der Waals surface area contributed by atoms with Crippen molar-refractivity contribution in [1.82, 2.24) is 0 Å². The molecule has 7 nitrogen and oxygen atoms in total. The van der Waals surface area contributed by atoms with Crippen LogP contribution < -0.4 is 0 Å². The Labute approximate surface area is 133 Å². The van der Waals surface area contributed by atoms with Crippen LogP contribution in [0.4, 0.5) is 5.69 Å². The van der Waals surface area contributed by atoms with E-state index in [9.17, 15) is 24.5 Å². The van der Waals surface area contributed by atoms with Gasteiger partial charge >= 0.3 is 5.97 Å². The zero-order chi connectivity index (χ0) is 17.4. The number of para-hydroxylation sites is 1. The fraction of sp³-hybridized carbons (Fsp3) is 0.438. The second-order valence-corrected chi connectivity index (χ2v) is 5.19. The van der Waals surface area contributed by atoms with Gasteiger partial charge in [0.15, 0.2) is 0 Å². The van der Waals surface area contributed by atoms with E-state index in [4.69, 9.17) is 0 Å². The number of hydrogen-bond donors (Lipinski definition) is 0. The Bertz CT molecular complexity index is 610. The molecule has 23 heavy (non-hydrogen) atoms. The molecular weight excluding hydrogens is 302 g/mol. The molecule has 7 heteroatoms. The summed E-state index contributed by atoms with van der Waals surface area (Å²) < 4.78 is 4.68. The Morgan fingerprint density at radius 1 is 1.22 bits per heavy atom. The topological polar surface area (TPSA) is 104 Å². The van der Waals surface area contributed by atoms with Crippen molar-refractivity contribution in [2.75, 3.05) is 7.11 Å². The van der Waals surface area contributed by atoms with Crippen LogP contribution in [0.5, 0.6) is 0 Å². The molecule has 0 aromatic heterocycles. The molecule has 0 aliphatic carbocycles. The van der Waals surface area contributed by atoms with E-state index in [-0.39, 0.29) is 35.7 Å². The second-order valence-electron chi connectivity index (χ2n) is 5.19. The third-order valence-electron chi connectivity index (χ3n) is 3.41. The van der Waals surface area contributed by atoms with Crippen molar-refractivity contribution in [1.29, 1.82) is 0 Å². The minimum atomic E-state index is -1.02. The van der Waals surface area contributed by atoms with Gasteiger partial charge in [0.2, 0.25) is 0 Å². The molecule has 0 heterocycles. The highest BCUT2D eigenvalue weighted by Crippen LogP contribution is 2.30. The number of carbonyl (C=O) groups excluding carboxylic acids is 3. The molecule has 0 spiro atoms. The summed E-state index contributed by atoms with van der Waals surface area (Å²) in [4.78, 5) is 45.4. The van der Waals surface area contributed by atoms with Gasteiger partial charge in [-0.25, -0.2) is 0 Å². The monoisotopic (exact) mass is 321 g/mol. The fourth-order valence-corrected chi connectivity index (χ4v) is 2.28. The SMILES string of the molecule is COC(=O)C(CC(=O)CCCC(C)=O)c1ccccc1[N+](=O)[O-]. The van der Waals surface area contributed by atoms with Crippen molar-refractivity contribution >= 4 is 23.2 Å². The van der Waals surface area contributed by atoms with Crippen LogP contribution in [0.3, 0.4) is 0 Å². The van der Waals surface area contributed by atoms with E-state index in [0.29, 0.717) is 12.8 Å². The van der Waals surface area contributed by atoms with Crippen LogP contribution in [-0.4, -0.2) is 29.6 Å². The number of esters is 1. The lowest BCUT2D eigenvalue weighted by Gasteiger charge is -2.14. The summed E-state index contributed by atoms with van der Waals surface area (Å²) in [5, 5.41) is 11.1. The van der Waals surface area contributed by atoms with E-state index in [1.54, 1.807) is 6.07 Å². The lowest BCUT2D eigenvalue weighted by Crippen LogP contribution is -2.19. The minimum Gasteiger partial charge on any atom is -0.469 e. The molecule has 0 N–H and O–H groups in total. The number of nitrogens with zero attached hydrogens (tertiary/aromatic N) is 1. The van der Waals surface area contributed by atoms with Crippen LogP contribution in [-0.2, 0) is 19.1 Å². The molecule has 1 unspecified atom stereocenters. The fourth-order valence-electron chi connectivity index (χ4n) is 2.28. The summed E-state index contributed by atoms with van der Waals surface area (Å²) in [7, 11) is 1.17. The first-order valence-corrected chi connectivity index (χ1v) is 7.19. The number of nitro groups is 1. The van der Waals surface area contributed by atoms with Crippen molar-refractivity contribution in [3.05, 3.63) is 39.9 Å². The number of ether oxygens (including phenoxy) is 1. The third-order valence-corrected chi connectivity index (χ3v) is 3.41. The smallest absolute Gasteiger partial charge is 0.313 e. The minimum absolute atomic E-state index is 0.0129. The Morgan fingerprint density at radius 2 is 1.87 bits per heavy atom. The zero-order valence-electron chi connectivity index (χ0n) is 13.1. The molecule has 1 aromatic rings. The van der Waals surface area contributed by atoms with Gasteiger partial charge in [0.1, 0.15) is 11.6 Å². The van der Waals surface area contributed by atoms with Crippen LogP contribution in [0, 0.1) is 10.1 Å². The molecular formula is C16H19NO6. The van der Waals surface area contributed by atoms with Gasteiger partial charge in [0.25, 0.3) is 5.69 Å². The summed E-state index contributed by atoms with van der Waals surface area (Å²) in [5.41, 5.74) is -0.0660. The summed E-state index contributed by atoms with van der Waals surface area (Å²) in [5.74, 6) is -1.97. The first-order valence-electron chi connectivity index (χ1n) is 7.19. The van der Waals surface area contributed by atoms with Gasteiger partial charge in [-0.3, -0.25) is 19.7 Å². The average Bonchev–Trinajstić information content (AvgIpc) is 2.51. The summed E-state index contributed by atoms with van der Waals surface area (Å²) in [6.45, 7) is 1.44. The van der Waals surface area contributed by atoms with Gasteiger partial charge in [0.05, 0.1) is 18.0 Å². The quantitative estimate of drug-likeness (QED) is 0.393. The van der Waals surface area contributed by atoms with Gasteiger partial charge in [-0.1, -0.05) is 18.2 Å². The molecule has 1 aromatic carbocycles. The Morgan fingerprint density at radius 3 is 2.43 bits per heavy atom. The lowest BCUT2D eigenvalue weighted by atomic mass is 9.91. The molecule has 0 fully saturated rings. The molecule has 0 bridgehead atoms. The first-order chi connectivity index (χ1) is 10.9. The number of methoxy groups -OCH3 is 1. The molecule has 0 aliphatic heterocycles. The van der Waals surface area contributed by atoms with Crippen molar-refractivity contribution < 1.29 is 24.0 Å². The molecule has 1 atom stereocenters. The standard InChI is InChI=1S/C16H19NO6/c1-11(18)6-5-7-12(19)10-14(16(20)23-2)13-8-3-4-9-15(13)17(21)22/h3-4,8-9,14H,5-7,10H2,1-2H3. The van der Waals surface area contributed by atoms with E-state index in [1.165, 1.54) is 32.2 Å². The molecule has 0 aliphatic rings. The van der Waals surface area contributed by atoms with E-state index in [2.05, 4.69) is 4.74 Å². The first kappa shape index (κ1) is 18.5. The van der Waals surface area contributed by atoms with E-state index in [1.807, 2.05) is 0 Å². The number of benzene rings is 1. The van der Waals surface area contributed by atoms with Crippen LogP contribution >= 0.6 is 0 Å². The van der Waals surface area contributed by atoms with Crippen LogP contribution in [0.15, 0.2) is 24.3 Å². The van der Waals surface area contributed by atoms with E-state index >= 15 is 0 Å². The van der Waals surface area contributed by atoms with Gasteiger partial charge in [-0.05, 0) is 13.3 Å². The maximum absolute atomic E-state index is 12.0. The van der Waals surface area contributed by atoms with Crippen LogP contribution in [0.25, 0.3) is 0 Å². The summed E-state index contributed by atoms with van der Waals surface area (Å²) in [6.07, 6.45) is 0.655. The average molecular weight is 321 g/mol. The highest BCUT2D eigenvalue weighted by molar-refractivity contribution is 5.88. The molecule has 0 radical (unpaired) electrons. The predicted octanol–water partition coefficient (Wildman–Crippen LogP) is 2.57. The lowest BCUT2D eigenvalue weighted by molar-refractivity contribution is -0.385. The normalized spacial score (nSPS) is 11.6. The van der Waals surface area contributed by atoms with E-state index in [0.717, 1.165) is 0 Å². The van der Waals surface area contributed by atoms with Crippen molar-refractivity contribution in [2.24, 2.45) is 0 Å². The molecule has 0 amide bonds. The molecule has 0 saturated carbocycles. The number of nitro benzene ring substituents is 1. The Hall–Kier alpha value is -2.57. The maximum Gasteiger partial charge on any atom is 0.313 e. The zero-order valence-corrected chi connectivity index (χ0v) is 13.1. The van der Waals surface area contributed by atoms with Crippen molar-refractivity contribution in [3.8, 4) is 0 Å². The van der Waals surface area contributed by atoms with Gasteiger partial charge in [-0.2, -0.15) is 0 Å². The summed E-state index contributed by atoms with van der Waals surface area (Å²) in [6, 6.07) is 5.79. The van der Waals surface area contributed by atoms with Crippen LogP contribution in [0.1, 0.15) is 44.1 Å². The Kier molecular flexibility index (Phi) is 7.05. The molecule has 0 saturated heterocycles. The van der Waals surface area contributed by atoms with Gasteiger partial charge < -0.3 is 9.53 Å². The summed E-state index contributed by atoms with van der Waals surface area (Å²) >= 11 is 0. The molecule has 124 valence electrons. The van der Waals surface area contributed by atoms with Crippen molar-refractivity contribution in [2.45, 2.75) is 38.5 Å². The number of hydrogen-bond acceptors (Lipinski definition) is 6. The predicted molar refractivity (Wildman–Crippen MR) is 82.0 cm³/mol. The maximum atomic E-state index is 12.0. The third kappa shape index (κ3) is 5.61. The van der Waals surface area contributed by atoms with Crippen LogP contribution in [0.2, 0.25) is 0 Å². The van der Waals surface area contributed by atoms with Gasteiger partial charge in [-0.15, -0.1) is 0 Å². The number of Topliss-reactive ketones (excluding diaryl/α,β-unsaturated/α-hetero) is 2. The highest BCUT2D eigenvalue weighted by Gasteiger charge is 2.30. The molecule has 1 rings (SSSR count). The van der Waals surface area contributed by atoms with E-state index < -0.39 is 16.8 Å². The van der Waals surface area contributed by atoms with Crippen molar-refractivity contribution in [3.63, 3.8) is 0 Å². The Balaban J connectivity index is 2.94. The largest absolute Gasteiger partial charge is 0.469 e. The highest BCUT2D eigenvalue weighted by atomic mass is 16.6.